The minimum atomic E-state index is -0.620. The van der Waals surface area contributed by atoms with Gasteiger partial charge in [-0.2, -0.15) is 5.10 Å². The first-order valence-electron chi connectivity index (χ1n) is 5.77. The molecule has 0 fully saturated rings. The van der Waals surface area contributed by atoms with Crippen molar-refractivity contribution in [2.24, 2.45) is 7.05 Å². The average Bonchev–Trinajstić information content (AvgIpc) is 2.56. The van der Waals surface area contributed by atoms with Crippen LogP contribution in [0.2, 0.25) is 5.02 Å². The molecule has 0 aliphatic carbocycles. The molecule has 0 amide bonds. The van der Waals surface area contributed by atoms with Crippen LogP contribution in [0.15, 0.2) is 0 Å². The normalized spacial score (nSPS) is 14.1. The summed E-state index contributed by atoms with van der Waals surface area (Å²) in [6, 6.07) is 0. The molecule has 0 aliphatic rings. The van der Waals surface area contributed by atoms with E-state index in [0.717, 1.165) is 17.8 Å². The lowest BCUT2D eigenvalue weighted by Gasteiger charge is -2.29. The molecule has 1 heterocycles. The minimum absolute atomic E-state index is 0.434. The molecule has 4 nitrogen and oxygen atoms in total. The summed E-state index contributed by atoms with van der Waals surface area (Å²) in [6.45, 7) is 5.71. The van der Waals surface area contributed by atoms with Crippen molar-refractivity contribution >= 4 is 11.6 Å². The first-order chi connectivity index (χ1) is 7.83. The van der Waals surface area contributed by atoms with Crippen LogP contribution in [0.4, 0.5) is 0 Å². The summed E-state index contributed by atoms with van der Waals surface area (Å²) in [5.74, 6) is 0. The second-order valence-electron chi connectivity index (χ2n) is 4.71. The number of aliphatic hydroxyl groups is 1. The number of aliphatic hydroxyl groups excluding tert-OH is 1. The molecule has 1 atom stereocenters. The maximum atomic E-state index is 10.1. The van der Waals surface area contributed by atoms with Crippen LogP contribution in [0.5, 0.6) is 0 Å². The fraction of sp³-hybridized carbons (Fsp3) is 0.750. The Balaban J connectivity index is 2.92. The summed E-state index contributed by atoms with van der Waals surface area (Å²) < 4.78 is 6.99. The molecule has 0 bridgehead atoms. The molecule has 0 radical (unpaired) electrons. The van der Waals surface area contributed by atoms with Crippen molar-refractivity contribution in [2.45, 2.75) is 45.3 Å². The molecule has 1 aromatic rings. The van der Waals surface area contributed by atoms with Gasteiger partial charge in [-0.15, -0.1) is 0 Å². The summed E-state index contributed by atoms with van der Waals surface area (Å²) in [6.07, 6.45) is 0.602. The Hall–Kier alpha value is -0.580. The highest BCUT2D eigenvalue weighted by molar-refractivity contribution is 6.31. The van der Waals surface area contributed by atoms with E-state index in [2.05, 4.69) is 5.10 Å². The maximum Gasteiger partial charge on any atom is 0.0884 e. The van der Waals surface area contributed by atoms with Crippen LogP contribution in [0, 0.1) is 0 Å². The van der Waals surface area contributed by atoms with Crippen molar-refractivity contribution in [3.8, 4) is 0 Å². The topological polar surface area (TPSA) is 47.3 Å². The van der Waals surface area contributed by atoms with E-state index in [1.54, 1.807) is 11.8 Å². The highest BCUT2D eigenvalue weighted by Crippen LogP contribution is 2.25. The Bertz CT molecular complexity index is 388. The molecule has 5 heteroatoms. The molecule has 17 heavy (non-hydrogen) atoms. The molecule has 0 saturated carbocycles. The molecule has 0 aliphatic heterocycles. The zero-order chi connectivity index (χ0) is 13.2. The SMILES string of the molecule is CCc1nn(C)c(CC(O)C(C)(C)OC)c1Cl. The number of hydrogen-bond acceptors (Lipinski definition) is 3. The van der Waals surface area contributed by atoms with Crippen LogP contribution in [-0.4, -0.2) is 33.7 Å². The summed E-state index contributed by atoms with van der Waals surface area (Å²) in [4.78, 5) is 0. The first-order valence-corrected chi connectivity index (χ1v) is 6.14. The predicted octanol–water partition coefficient (Wildman–Crippen LogP) is 1.96. The molecular weight excluding hydrogens is 240 g/mol. The summed E-state index contributed by atoms with van der Waals surface area (Å²) >= 11 is 6.23. The van der Waals surface area contributed by atoms with Crippen molar-refractivity contribution in [1.82, 2.24) is 9.78 Å². The van der Waals surface area contributed by atoms with E-state index in [1.165, 1.54) is 0 Å². The van der Waals surface area contributed by atoms with Crippen LogP contribution in [0.1, 0.15) is 32.2 Å². The van der Waals surface area contributed by atoms with E-state index < -0.39 is 11.7 Å². The van der Waals surface area contributed by atoms with E-state index >= 15 is 0 Å². The van der Waals surface area contributed by atoms with E-state index in [1.807, 2.05) is 27.8 Å². The van der Waals surface area contributed by atoms with E-state index in [4.69, 9.17) is 16.3 Å². The van der Waals surface area contributed by atoms with Gasteiger partial charge < -0.3 is 9.84 Å². The van der Waals surface area contributed by atoms with Gasteiger partial charge in [0, 0.05) is 20.6 Å². The zero-order valence-corrected chi connectivity index (χ0v) is 11.9. The summed E-state index contributed by atoms with van der Waals surface area (Å²) in [5.41, 5.74) is 1.12. The van der Waals surface area contributed by atoms with Gasteiger partial charge in [-0.1, -0.05) is 18.5 Å². The Morgan fingerprint density at radius 1 is 1.53 bits per heavy atom. The molecule has 1 rings (SSSR count). The van der Waals surface area contributed by atoms with Crippen LogP contribution >= 0.6 is 11.6 Å². The smallest absolute Gasteiger partial charge is 0.0884 e. The third-order valence-electron chi connectivity index (χ3n) is 3.22. The van der Waals surface area contributed by atoms with Crippen LogP contribution in [-0.2, 0) is 24.6 Å². The van der Waals surface area contributed by atoms with Gasteiger partial charge in [0.05, 0.1) is 28.1 Å². The number of aryl methyl sites for hydroxylation is 2. The fourth-order valence-electron chi connectivity index (χ4n) is 1.61. The van der Waals surface area contributed by atoms with Gasteiger partial charge in [0.15, 0.2) is 0 Å². The van der Waals surface area contributed by atoms with Gasteiger partial charge in [-0.05, 0) is 20.3 Å². The van der Waals surface area contributed by atoms with Crippen molar-refractivity contribution < 1.29 is 9.84 Å². The molecule has 1 aromatic heterocycles. The van der Waals surface area contributed by atoms with Crippen LogP contribution in [0.3, 0.4) is 0 Å². The van der Waals surface area contributed by atoms with E-state index in [-0.39, 0.29) is 0 Å². The van der Waals surface area contributed by atoms with Gasteiger partial charge in [0.2, 0.25) is 0 Å². The maximum absolute atomic E-state index is 10.1. The Labute approximate surface area is 108 Å². The Kier molecular flexibility index (Phi) is 4.58. The number of ether oxygens (including phenoxy) is 1. The van der Waals surface area contributed by atoms with Gasteiger partial charge in [-0.25, -0.2) is 0 Å². The van der Waals surface area contributed by atoms with E-state index in [0.29, 0.717) is 11.4 Å². The molecular formula is C12H21ClN2O2. The van der Waals surface area contributed by atoms with Crippen molar-refractivity contribution in [2.75, 3.05) is 7.11 Å². The summed E-state index contributed by atoms with van der Waals surface area (Å²) in [5, 5.41) is 15.1. The Morgan fingerprint density at radius 3 is 2.53 bits per heavy atom. The zero-order valence-electron chi connectivity index (χ0n) is 11.1. The third kappa shape index (κ3) is 3.00. The molecule has 1 N–H and O–H groups in total. The lowest BCUT2D eigenvalue weighted by atomic mass is 9.97. The molecule has 0 spiro atoms. The third-order valence-corrected chi connectivity index (χ3v) is 3.65. The highest BCUT2D eigenvalue weighted by atomic mass is 35.5. The minimum Gasteiger partial charge on any atom is -0.390 e. The second-order valence-corrected chi connectivity index (χ2v) is 5.09. The van der Waals surface area contributed by atoms with Gasteiger partial charge in [0.25, 0.3) is 0 Å². The molecule has 0 saturated heterocycles. The first kappa shape index (κ1) is 14.5. The monoisotopic (exact) mass is 260 g/mol. The molecule has 0 aromatic carbocycles. The quantitative estimate of drug-likeness (QED) is 0.881. The second kappa shape index (κ2) is 5.38. The van der Waals surface area contributed by atoms with Crippen molar-refractivity contribution in [1.29, 1.82) is 0 Å². The average molecular weight is 261 g/mol. The number of halogens is 1. The van der Waals surface area contributed by atoms with E-state index in [9.17, 15) is 5.11 Å². The fourth-order valence-corrected chi connectivity index (χ4v) is 1.98. The standard InChI is InChI=1S/C12H21ClN2O2/c1-6-8-11(13)9(15(4)14-8)7-10(16)12(2,3)17-5/h10,16H,6-7H2,1-5H3. The summed E-state index contributed by atoms with van der Waals surface area (Å²) in [7, 11) is 3.43. The van der Waals surface area contributed by atoms with Crippen LogP contribution in [0.25, 0.3) is 0 Å². The lowest BCUT2D eigenvalue weighted by Crippen LogP contribution is -2.39. The largest absolute Gasteiger partial charge is 0.390 e. The van der Waals surface area contributed by atoms with Gasteiger partial charge >= 0.3 is 0 Å². The lowest BCUT2D eigenvalue weighted by molar-refractivity contribution is -0.0770. The van der Waals surface area contributed by atoms with Gasteiger partial charge in [0.1, 0.15) is 0 Å². The molecule has 98 valence electrons. The number of hydrogen-bond donors (Lipinski definition) is 1. The van der Waals surface area contributed by atoms with Crippen molar-refractivity contribution in [3.05, 3.63) is 16.4 Å². The molecule has 1 unspecified atom stereocenters. The number of nitrogens with zero attached hydrogens (tertiary/aromatic N) is 2. The van der Waals surface area contributed by atoms with Gasteiger partial charge in [-0.3, -0.25) is 4.68 Å². The number of rotatable bonds is 5. The Morgan fingerprint density at radius 2 is 2.12 bits per heavy atom. The number of methoxy groups -OCH3 is 1. The number of aromatic nitrogens is 2. The van der Waals surface area contributed by atoms with Crippen molar-refractivity contribution in [3.63, 3.8) is 0 Å². The highest BCUT2D eigenvalue weighted by Gasteiger charge is 2.29. The predicted molar refractivity (Wildman–Crippen MR) is 68.4 cm³/mol. The van der Waals surface area contributed by atoms with Crippen LogP contribution < -0.4 is 0 Å².